The van der Waals surface area contributed by atoms with Gasteiger partial charge in [-0.05, 0) is 44.8 Å². The first kappa shape index (κ1) is 14.9. The molecule has 1 saturated heterocycles. The largest absolute Gasteiger partial charge is 0.376 e. The zero-order chi connectivity index (χ0) is 12.5. The number of rotatable bonds is 8. The van der Waals surface area contributed by atoms with Gasteiger partial charge < -0.3 is 10.1 Å². The van der Waals surface area contributed by atoms with E-state index in [-0.39, 0.29) is 0 Å². The Labute approximate surface area is 107 Å². The van der Waals surface area contributed by atoms with Crippen LogP contribution in [0.25, 0.3) is 0 Å². The van der Waals surface area contributed by atoms with Gasteiger partial charge in [0.2, 0.25) is 0 Å². The molecule has 3 nitrogen and oxygen atoms in total. The molecule has 1 fully saturated rings. The van der Waals surface area contributed by atoms with E-state index in [1.54, 1.807) is 0 Å². The average molecular weight is 242 g/mol. The Morgan fingerprint density at radius 2 is 2.24 bits per heavy atom. The first-order chi connectivity index (χ1) is 8.22. The summed E-state index contributed by atoms with van der Waals surface area (Å²) in [6, 6.07) is 0. The van der Waals surface area contributed by atoms with Crippen LogP contribution in [0.2, 0.25) is 0 Å². The summed E-state index contributed by atoms with van der Waals surface area (Å²) in [5.41, 5.74) is 0. The molecular weight excluding hydrogens is 212 g/mol. The van der Waals surface area contributed by atoms with Crippen LogP contribution in [0.3, 0.4) is 0 Å². The molecule has 3 heteroatoms. The zero-order valence-corrected chi connectivity index (χ0v) is 11.9. The van der Waals surface area contributed by atoms with Gasteiger partial charge in [0.25, 0.3) is 0 Å². The van der Waals surface area contributed by atoms with E-state index >= 15 is 0 Å². The van der Waals surface area contributed by atoms with E-state index in [0.717, 1.165) is 38.7 Å². The maximum absolute atomic E-state index is 5.81. The number of nitrogens with one attached hydrogen (secondary N) is 1. The smallest absolute Gasteiger partial charge is 0.0703 e. The minimum absolute atomic E-state index is 0.469. The van der Waals surface area contributed by atoms with Gasteiger partial charge in [0.1, 0.15) is 0 Å². The quantitative estimate of drug-likeness (QED) is 0.660. The second-order valence-electron chi connectivity index (χ2n) is 5.53. The molecule has 1 atom stereocenters. The molecule has 0 saturated carbocycles. The van der Waals surface area contributed by atoms with E-state index in [0.29, 0.717) is 6.10 Å². The average Bonchev–Trinajstić information content (AvgIpc) is 2.29. The number of morpholine rings is 1. The van der Waals surface area contributed by atoms with E-state index < -0.39 is 0 Å². The fourth-order valence-corrected chi connectivity index (χ4v) is 2.32. The van der Waals surface area contributed by atoms with Crippen molar-refractivity contribution in [2.24, 2.45) is 5.92 Å². The first-order valence-corrected chi connectivity index (χ1v) is 7.27. The summed E-state index contributed by atoms with van der Waals surface area (Å²) in [5.74, 6) is 0.751. The van der Waals surface area contributed by atoms with E-state index in [9.17, 15) is 0 Å². The predicted molar refractivity (Wildman–Crippen MR) is 73.4 cm³/mol. The molecule has 0 radical (unpaired) electrons. The van der Waals surface area contributed by atoms with Crippen molar-refractivity contribution in [3.05, 3.63) is 0 Å². The Morgan fingerprint density at radius 1 is 1.41 bits per heavy atom. The molecule has 0 aromatic carbocycles. The van der Waals surface area contributed by atoms with Crippen LogP contribution in [0, 0.1) is 5.92 Å². The molecule has 1 aliphatic heterocycles. The van der Waals surface area contributed by atoms with Crippen molar-refractivity contribution in [1.82, 2.24) is 10.2 Å². The molecule has 0 aromatic heterocycles. The minimum atomic E-state index is 0.469. The minimum Gasteiger partial charge on any atom is -0.376 e. The van der Waals surface area contributed by atoms with Crippen LogP contribution in [0.4, 0.5) is 0 Å². The first-order valence-electron chi connectivity index (χ1n) is 7.27. The highest BCUT2D eigenvalue weighted by Gasteiger charge is 2.18. The highest BCUT2D eigenvalue weighted by molar-refractivity contribution is 4.71. The third-order valence-corrected chi connectivity index (χ3v) is 3.19. The monoisotopic (exact) mass is 242 g/mol. The van der Waals surface area contributed by atoms with Gasteiger partial charge >= 0.3 is 0 Å². The number of hydrogen-bond donors (Lipinski definition) is 1. The Hall–Kier alpha value is -0.120. The second-order valence-corrected chi connectivity index (χ2v) is 5.53. The van der Waals surface area contributed by atoms with Crippen LogP contribution in [-0.2, 0) is 4.74 Å². The molecule has 1 heterocycles. The van der Waals surface area contributed by atoms with E-state index in [2.05, 4.69) is 31.0 Å². The normalized spacial score (nSPS) is 22.2. The van der Waals surface area contributed by atoms with Crippen molar-refractivity contribution in [3.63, 3.8) is 0 Å². The lowest BCUT2D eigenvalue weighted by Crippen LogP contribution is -2.42. The Kier molecular flexibility index (Phi) is 7.82. The van der Waals surface area contributed by atoms with Gasteiger partial charge in [-0.3, -0.25) is 4.90 Å². The SMILES string of the molecule is CCCN1CCOC(CCCNCC(C)C)C1. The highest BCUT2D eigenvalue weighted by atomic mass is 16.5. The van der Waals surface area contributed by atoms with Gasteiger partial charge in [-0.2, -0.15) is 0 Å². The summed E-state index contributed by atoms with van der Waals surface area (Å²) < 4.78 is 5.81. The summed E-state index contributed by atoms with van der Waals surface area (Å²) in [5, 5.41) is 3.49. The molecule has 1 N–H and O–H groups in total. The predicted octanol–water partition coefficient (Wildman–Crippen LogP) is 2.12. The molecule has 102 valence electrons. The molecular formula is C14H30N2O. The topological polar surface area (TPSA) is 24.5 Å². The van der Waals surface area contributed by atoms with Crippen LogP contribution in [0.15, 0.2) is 0 Å². The third kappa shape index (κ3) is 7.02. The third-order valence-electron chi connectivity index (χ3n) is 3.19. The van der Waals surface area contributed by atoms with Crippen molar-refractivity contribution in [2.45, 2.75) is 46.1 Å². The number of hydrogen-bond acceptors (Lipinski definition) is 3. The molecule has 1 rings (SSSR count). The lowest BCUT2D eigenvalue weighted by Gasteiger charge is -2.32. The summed E-state index contributed by atoms with van der Waals surface area (Å²) >= 11 is 0. The molecule has 0 aromatic rings. The van der Waals surface area contributed by atoms with Crippen LogP contribution < -0.4 is 5.32 Å². The van der Waals surface area contributed by atoms with Crippen molar-refractivity contribution < 1.29 is 4.74 Å². The lowest BCUT2D eigenvalue weighted by molar-refractivity contribution is -0.0325. The summed E-state index contributed by atoms with van der Waals surface area (Å²) in [6.45, 7) is 13.4. The van der Waals surface area contributed by atoms with Crippen molar-refractivity contribution in [3.8, 4) is 0 Å². The van der Waals surface area contributed by atoms with Gasteiger partial charge in [-0.15, -0.1) is 0 Å². The van der Waals surface area contributed by atoms with E-state index in [1.807, 2.05) is 0 Å². The van der Waals surface area contributed by atoms with Gasteiger partial charge in [0.05, 0.1) is 12.7 Å². The van der Waals surface area contributed by atoms with Crippen molar-refractivity contribution >= 4 is 0 Å². The highest BCUT2D eigenvalue weighted by Crippen LogP contribution is 2.10. The Balaban J connectivity index is 2.02. The van der Waals surface area contributed by atoms with Crippen molar-refractivity contribution in [1.29, 1.82) is 0 Å². The molecule has 0 spiro atoms. The fraction of sp³-hybridized carbons (Fsp3) is 1.00. The molecule has 1 aliphatic rings. The van der Waals surface area contributed by atoms with Gasteiger partial charge in [-0.1, -0.05) is 20.8 Å². The van der Waals surface area contributed by atoms with Gasteiger partial charge in [-0.25, -0.2) is 0 Å². The molecule has 0 amide bonds. The van der Waals surface area contributed by atoms with Crippen LogP contribution >= 0.6 is 0 Å². The Morgan fingerprint density at radius 3 is 2.94 bits per heavy atom. The molecule has 0 aliphatic carbocycles. The standard InChI is InChI=1S/C14H30N2O/c1-4-8-16-9-10-17-14(12-16)6-5-7-15-11-13(2)3/h13-15H,4-12H2,1-3H3. The van der Waals surface area contributed by atoms with Gasteiger partial charge in [0.15, 0.2) is 0 Å². The van der Waals surface area contributed by atoms with Crippen molar-refractivity contribution in [2.75, 3.05) is 39.3 Å². The molecule has 1 unspecified atom stereocenters. The summed E-state index contributed by atoms with van der Waals surface area (Å²) in [7, 11) is 0. The lowest BCUT2D eigenvalue weighted by atomic mass is 10.1. The van der Waals surface area contributed by atoms with Crippen LogP contribution in [-0.4, -0.2) is 50.3 Å². The Bertz CT molecular complexity index is 183. The van der Waals surface area contributed by atoms with E-state index in [1.165, 1.54) is 25.8 Å². The van der Waals surface area contributed by atoms with E-state index in [4.69, 9.17) is 4.74 Å². The molecule has 17 heavy (non-hydrogen) atoms. The number of nitrogens with zero attached hydrogens (tertiary/aromatic N) is 1. The summed E-state index contributed by atoms with van der Waals surface area (Å²) in [6.07, 6.45) is 4.15. The van der Waals surface area contributed by atoms with Gasteiger partial charge in [0, 0.05) is 13.1 Å². The van der Waals surface area contributed by atoms with Crippen LogP contribution in [0.1, 0.15) is 40.0 Å². The fourth-order valence-electron chi connectivity index (χ4n) is 2.32. The maximum atomic E-state index is 5.81. The molecule has 0 bridgehead atoms. The second kappa shape index (κ2) is 8.90. The van der Waals surface area contributed by atoms with Crippen LogP contribution in [0.5, 0.6) is 0 Å². The zero-order valence-electron chi connectivity index (χ0n) is 11.9. The number of ether oxygens (including phenoxy) is 1. The summed E-state index contributed by atoms with van der Waals surface area (Å²) in [4.78, 5) is 2.54. The maximum Gasteiger partial charge on any atom is 0.0703 e.